The number of rotatable bonds is 2. The van der Waals surface area contributed by atoms with Crippen LogP contribution in [0.25, 0.3) is 22.3 Å². The number of carbonyl (C=O) groups excluding carboxylic acids is 1. The minimum absolute atomic E-state index is 0.0531. The van der Waals surface area contributed by atoms with Crippen LogP contribution >= 0.6 is 15.9 Å². The molecule has 2 aromatic heterocycles. The number of nitro groups is 1. The van der Waals surface area contributed by atoms with Crippen LogP contribution in [-0.2, 0) is 28.3 Å². The highest BCUT2D eigenvalue weighted by molar-refractivity contribution is 9.10. The van der Waals surface area contributed by atoms with Crippen molar-refractivity contribution in [3.63, 3.8) is 0 Å². The van der Waals surface area contributed by atoms with Gasteiger partial charge in [-0.2, -0.15) is 0 Å². The van der Waals surface area contributed by atoms with Crippen LogP contribution < -0.4 is 5.56 Å². The van der Waals surface area contributed by atoms with E-state index in [2.05, 4.69) is 20.9 Å². The Kier molecular flexibility index (Phi) is 3.90. The van der Waals surface area contributed by atoms with Gasteiger partial charge in [-0.3, -0.25) is 14.9 Å². The lowest BCUT2D eigenvalue weighted by Crippen LogP contribution is -2.44. The Morgan fingerprint density at radius 2 is 2.13 bits per heavy atom. The molecule has 0 fully saturated rings. The quantitative estimate of drug-likeness (QED) is 0.270. The minimum atomic E-state index is -1.90. The molecule has 152 valence electrons. The zero-order chi connectivity index (χ0) is 21.4. The van der Waals surface area contributed by atoms with Gasteiger partial charge in [0.2, 0.25) is 0 Å². The highest BCUT2D eigenvalue weighted by Gasteiger charge is 2.45. The number of benzene rings is 1. The average molecular weight is 472 g/mol. The van der Waals surface area contributed by atoms with E-state index < -0.39 is 16.5 Å². The Hall–Kier alpha value is -3.11. The first kappa shape index (κ1) is 18.9. The van der Waals surface area contributed by atoms with E-state index in [9.17, 15) is 24.8 Å². The maximum atomic E-state index is 13.1. The van der Waals surface area contributed by atoms with Crippen molar-refractivity contribution >= 4 is 38.5 Å². The summed E-state index contributed by atoms with van der Waals surface area (Å²) in [7, 11) is 0. The van der Waals surface area contributed by atoms with Crippen molar-refractivity contribution in [1.82, 2.24) is 9.55 Å². The molecular weight excluding hydrogens is 458 g/mol. The summed E-state index contributed by atoms with van der Waals surface area (Å²) in [5, 5.41) is 22.7. The molecule has 0 radical (unpaired) electrons. The number of pyridine rings is 2. The second-order valence-corrected chi connectivity index (χ2v) is 8.17. The Morgan fingerprint density at radius 3 is 2.83 bits per heavy atom. The number of hydrogen-bond acceptors (Lipinski definition) is 7. The van der Waals surface area contributed by atoms with Crippen LogP contribution in [0.15, 0.2) is 33.5 Å². The Bertz CT molecular complexity index is 1370. The molecule has 5 rings (SSSR count). The monoisotopic (exact) mass is 471 g/mol. The molecular formula is C20H14BrN3O6. The van der Waals surface area contributed by atoms with Crippen LogP contribution in [0.4, 0.5) is 5.69 Å². The molecule has 0 unspecified atom stereocenters. The van der Waals surface area contributed by atoms with E-state index in [1.54, 1.807) is 25.1 Å². The number of nitro benzene ring substituents is 1. The van der Waals surface area contributed by atoms with E-state index in [-0.39, 0.29) is 41.9 Å². The second kappa shape index (κ2) is 6.19. The van der Waals surface area contributed by atoms with Gasteiger partial charge in [-0.15, -0.1) is 0 Å². The predicted octanol–water partition coefficient (Wildman–Crippen LogP) is 2.75. The van der Waals surface area contributed by atoms with Crippen molar-refractivity contribution in [2.45, 2.75) is 32.1 Å². The van der Waals surface area contributed by atoms with Crippen molar-refractivity contribution in [3.8, 4) is 11.4 Å². The third kappa shape index (κ3) is 2.34. The van der Waals surface area contributed by atoms with Crippen LogP contribution in [0.3, 0.4) is 0 Å². The molecule has 0 bridgehead atoms. The first-order chi connectivity index (χ1) is 14.3. The number of halogens is 1. The van der Waals surface area contributed by atoms with Crippen LogP contribution in [0.5, 0.6) is 0 Å². The number of carbonyl (C=O) groups is 1. The van der Waals surface area contributed by atoms with E-state index in [0.717, 1.165) is 0 Å². The van der Waals surface area contributed by atoms with Crippen molar-refractivity contribution < 1.29 is 19.6 Å². The molecule has 1 atom stereocenters. The van der Waals surface area contributed by atoms with Crippen molar-refractivity contribution in [1.29, 1.82) is 0 Å². The first-order valence-corrected chi connectivity index (χ1v) is 9.99. The molecule has 2 aliphatic heterocycles. The van der Waals surface area contributed by atoms with E-state index in [0.29, 0.717) is 32.3 Å². The molecule has 4 heterocycles. The summed E-state index contributed by atoms with van der Waals surface area (Å²) in [5.74, 6) is -0.787. The largest absolute Gasteiger partial charge is 0.458 e. The SMILES string of the molecule is CC[C@@]1(O)C(=O)OCc2c1cc1n(c2=O)Cc2cc3c([N+](=O)[O-])ccc(Br)c3nc2-1. The van der Waals surface area contributed by atoms with Gasteiger partial charge in [0.25, 0.3) is 11.2 Å². The molecule has 2 aliphatic rings. The number of fused-ring (bicyclic) bond motifs is 5. The molecule has 1 aromatic carbocycles. The number of esters is 1. The maximum absolute atomic E-state index is 13.1. The third-order valence-electron chi connectivity index (χ3n) is 5.80. The standard InChI is InChI=1S/C20H14BrN3O6/c1-2-20(27)12-6-15-16-9(7-23(15)18(25)11(12)8-30-19(20)26)5-10-14(24(28)29)4-3-13(21)17(10)22-16/h3-6,27H,2,7-8H2,1H3/t20-/m0/s1. The van der Waals surface area contributed by atoms with E-state index in [1.807, 2.05) is 0 Å². The third-order valence-corrected chi connectivity index (χ3v) is 6.44. The van der Waals surface area contributed by atoms with Crippen molar-refractivity contribution in [2.75, 3.05) is 0 Å². The number of nitrogens with zero attached hydrogens (tertiary/aromatic N) is 3. The lowest BCUT2D eigenvalue weighted by molar-refractivity contribution is -0.383. The van der Waals surface area contributed by atoms with Crippen LogP contribution in [0.2, 0.25) is 0 Å². The van der Waals surface area contributed by atoms with Gasteiger partial charge in [0, 0.05) is 21.7 Å². The average Bonchev–Trinajstić information content (AvgIpc) is 3.08. The normalized spacial score (nSPS) is 19.2. The Labute approximate surface area is 177 Å². The number of hydrogen-bond donors (Lipinski definition) is 1. The summed E-state index contributed by atoms with van der Waals surface area (Å²) in [6.45, 7) is 1.61. The van der Waals surface area contributed by atoms with E-state index in [4.69, 9.17) is 4.74 Å². The topological polar surface area (TPSA) is 125 Å². The van der Waals surface area contributed by atoms with Gasteiger partial charge in [0.05, 0.1) is 39.3 Å². The van der Waals surface area contributed by atoms with Crippen molar-refractivity contribution in [3.05, 3.63) is 65.9 Å². The predicted molar refractivity (Wildman–Crippen MR) is 109 cm³/mol. The Morgan fingerprint density at radius 1 is 1.37 bits per heavy atom. The van der Waals surface area contributed by atoms with Gasteiger partial charge in [-0.25, -0.2) is 9.78 Å². The molecule has 9 nitrogen and oxygen atoms in total. The summed E-state index contributed by atoms with van der Waals surface area (Å²) < 4.78 is 7.12. The Balaban J connectivity index is 1.82. The number of ether oxygens (including phenoxy) is 1. The van der Waals surface area contributed by atoms with Gasteiger partial charge in [0.1, 0.15) is 6.61 Å². The molecule has 10 heteroatoms. The molecule has 30 heavy (non-hydrogen) atoms. The highest BCUT2D eigenvalue weighted by atomic mass is 79.9. The summed E-state index contributed by atoms with van der Waals surface area (Å²) in [6, 6.07) is 6.23. The summed E-state index contributed by atoms with van der Waals surface area (Å²) in [4.78, 5) is 40.9. The molecule has 0 aliphatic carbocycles. The lowest BCUT2D eigenvalue weighted by atomic mass is 9.86. The zero-order valence-corrected chi connectivity index (χ0v) is 17.2. The smallest absolute Gasteiger partial charge is 0.343 e. The van der Waals surface area contributed by atoms with Crippen LogP contribution in [0, 0.1) is 10.1 Å². The van der Waals surface area contributed by atoms with Gasteiger partial charge >= 0.3 is 5.97 Å². The zero-order valence-electron chi connectivity index (χ0n) is 15.6. The fraction of sp³-hybridized carbons (Fsp3) is 0.250. The molecule has 0 amide bonds. The molecule has 1 N–H and O–H groups in total. The summed E-state index contributed by atoms with van der Waals surface area (Å²) >= 11 is 3.39. The molecule has 0 saturated heterocycles. The van der Waals surface area contributed by atoms with E-state index in [1.165, 1.54) is 10.6 Å². The number of aliphatic hydroxyl groups is 1. The van der Waals surface area contributed by atoms with Gasteiger partial charge in [-0.05, 0) is 40.5 Å². The van der Waals surface area contributed by atoms with Gasteiger partial charge < -0.3 is 14.4 Å². The van der Waals surface area contributed by atoms with Crippen LogP contribution in [0.1, 0.15) is 30.0 Å². The molecule has 3 aromatic rings. The number of aromatic nitrogens is 2. The molecule has 0 saturated carbocycles. The maximum Gasteiger partial charge on any atom is 0.343 e. The molecule has 0 spiro atoms. The summed E-state index contributed by atoms with van der Waals surface area (Å²) in [5.41, 5.74) is 0.0840. The fourth-order valence-electron chi connectivity index (χ4n) is 4.18. The fourth-order valence-corrected chi connectivity index (χ4v) is 4.61. The minimum Gasteiger partial charge on any atom is -0.458 e. The lowest BCUT2D eigenvalue weighted by Gasteiger charge is -2.31. The number of cyclic esters (lactones) is 1. The van der Waals surface area contributed by atoms with E-state index >= 15 is 0 Å². The van der Waals surface area contributed by atoms with Gasteiger partial charge in [-0.1, -0.05) is 6.92 Å². The van der Waals surface area contributed by atoms with Crippen molar-refractivity contribution in [2.24, 2.45) is 0 Å². The van der Waals surface area contributed by atoms with Crippen LogP contribution in [-0.4, -0.2) is 25.6 Å². The summed E-state index contributed by atoms with van der Waals surface area (Å²) in [6.07, 6.45) is 0.0531. The first-order valence-electron chi connectivity index (χ1n) is 9.20. The number of non-ortho nitro benzene ring substituents is 1. The highest BCUT2D eigenvalue weighted by Crippen LogP contribution is 2.40. The van der Waals surface area contributed by atoms with Gasteiger partial charge in [0.15, 0.2) is 5.60 Å². The second-order valence-electron chi connectivity index (χ2n) is 7.32.